The third-order valence-electron chi connectivity index (χ3n) is 5.16. The largest absolute Gasteiger partial charge is 0.451 e. The fourth-order valence-electron chi connectivity index (χ4n) is 3.54. The highest BCUT2D eigenvalue weighted by Gasteiger charge is 2.41. The zero-order chi connectivity index (χ0) is 25.3. The number of hydrogen-bond acceptors (Lipinski definition) is 6. The number of alkyl halides is 3. The van der Waals surface area contributed by atoms with Crippen LogP contribution in [0.25, 0.3) is 11.3 Å². The van der Waals surface area contributed by atoms with Crippen LogP contribution in [0.1, 0.15) is 51.9 Å². The third kappa shape index (κ3) is 6.22. The number of ether oxygens (including phenoxy) is 1. The van der Waals surface area contributed by atoms with Gasteiger partial charge < -0.3 is 10.1 Å². The van der Waals surface area contributed by atoms with Crippen LogP contribution in [0.2, 0.25) is 0 Å². The standard InChI is InChI=1S/C22H25BrF3N5O3/c1-12-5-6-17(31(12)20(33)34-21(2,3)4)18(32)28-8-13-7-16(27-11-15(13)23)14-9-29-19(30-10-14)22(24,25)26/h7,9-12,17H,5-6,8H2,1-4H3,(H,28,32)/t12-,17-/m0/s1. The predicted molar refractivity (Wildman–Crippen MR) is 120 cm³/mol. The Morgan fingerprint density at radius 2 is 1.79 bits per heavy atom. The molecule has 0 aliphatic carbocycles. The van der Waals surface area contributed by atoms with E-state index >= 15 is 0 Å². The van der Waals surface area contributed by atoms with Crippen molar-refractivity contribution in [2.45, 2.75) is 70.9 Å². The first-order valence-electron chi connectivity index (χ1n) is 10.6. The number of halogens is 4. The number of pyridine rings is 1. The van der Waals surface area contributed by atoms with E-state index in [1.807, 2.05) is 6.92 Å². The van der Waals surface area contributed by atoms with Crippen molar-refractivity contribution < 1.29 is 27.5 Å². The second-order valence-electron chi connectivity index (χ2n) is 9.00. The van der Waals surface area contributed by atoms with Crippen molar-refractivity contribution in [3.8, 4) is 11.3 Å². The van der Waals surface area contributed by atoms with Gasteiger partial charge in [-0.3, -0.25) is 14.7 Å². The number of likely N-dealkylation sites (tertiary alicyclic amines) is 1. The second-order valence-corrected chi connectivity index (χ2v) is 9.86. The number of amides is 2. The molecule has 184 valence electrons. The predicted octanol–water partition coefficient (Wildman–Crippen LogP) is 4.72. The van der Waals surface area contributed by atoms with Crippen molar-refractivity contribution in [1.82, 2.24) is 25.2 Å². The van der Waals surface area contributed by atoms with Crippen molar-refractivity contribution in [1.29, 1.82) is 0 Å². The van der Waals surface area contributed by atoms with E-state index in [2.05, 4.69) is 36.2 Å². The van der Waals surface area contributed by atoms with Gasteiger partial charge in [0.25, 0.3) is 0 Å². The average Bonchev–Trinajstić information content (AvgIpc) is 3.13. The van der Waals surface area contributed by atoms with Gasteiger partial charge in [-0.1, -0.05) is 0 Å². The van der Waals surface area contributed by atoms with Gasteiger partial charge in [-0.15, -0.1) is 0 Å². The van der Waals surface area contributed by atoms with Gasteiger partial charge in [-0.25, -0.2) is 14.8 Å². The highest BCUT2D eigenvalue weighted by Crippen LogP contribution is 2.29. The lowest BCUT2D eigenvalue weighted by atomic mass is 10.1. The molecule has 0 unspecified atom stereocenters. The van der Waals surface area contributed by atoms with E-state index < -0.39 is 29.7 Å². The molecule has 2 aromatic heterocycles. The number of carbonyl (C=O) groups excluding carboxylic acids is 2. The fraction of sp³-hybridized carbons (Fsp3) is 0.500. The van der Waals surface area contributed by atoms with E-state index in [0.29, 0.717) is 34.1 Å². The Morgan fingerprint density at radius 3 is 2.38 bits per heavy atom. The Morgan fingerprint density at radius 1 is 1.15 bits per heavy atom. The summed E-state index contributed by atoms with van der Waals surface area (Å²) in [6.45, 7) is 7.28. The minimum Gasteiger partial charge on any atom is -0.444 e. The molecule has 2 amide bonds. The summed E-state index contributed by atoms with van der Waals surface area (Å²) in [5.74, 6) is -1.56. The van der Waals surface area contributed by atoms with Gasteiger partial charge in [0.2, 0.25) is 11.7 Å². The van der Waals surface area contributed by atoms with Crippen LogP contribution in [-0.2, 0) is 22.3 Å². The average molecular weight is 544 g/mol. The first-order chi connectivity index (χ1) is 15.8. The molecule has 2 aromatic rings. The summed E-state index contributed by atoms with van der Waals surface area (Å²) >= 11 is 3.37. The van der Waals surface area contributed by atoms with Crippen LogP contribution in [-0.4, -0.2) is 49.5 Å². The van der Waals surface area contributed by atoms with Crippen molar-refractivity contribution in [2.75, 3.05) is 0 Å². The number of aromatic nitrogens is 3. The van der Waals surface area contributed by atoms with Crippen LogP contribution in [0.4, 0.5) is 18.0 Å². The van der Waals surface area contributed by atoms with E-state index in [1.165, 1.54) is 11.1 Å². The Kier molecular flexibility index (Phi) is 7.49. The number of rotatable bonds is 4. The van der Waals surface area contributed by atoms with Gasteiger partial charge in [-0.05, 0) is 68.1 Å². The molecule has 0 bridgehead atoms. The number of carbonyl (C=O) groups is 2. The van der Waals surface area contributed by atoms with Gasteiger partial charge in [0.05, 0.1) is 5.69 Å². The summed E-state index contributed by atoms with van der Waals surface area (Å²) in [6.07, 6.45) is -0.398. The first kappa shape index (κ1) is 25.9. The molecule has 3 heterocycles. The zero-order valence-electron chi connectivity index (χ0n) is 19.1. The maximum atomic E-state index is 12.9. The molecular weight excluding hydrogens is 519 g/mol. The van der Waals surface area contributed by atoms with E-state index in [1.54, 1.807) is 26.8 Å². The molecular formula is C22H25BrF3N5O3. The molecule has 0 saturated carbocycles. The normalized spacial score (nSPS) is 18.6. The van der Waals surface area contributed by atoms with Gasteiger partial charge in [0.1, 0.15) is 11.6 Å². The quantitative estimate of drug-likeness (QED) is 0.599. The van der Waals surface area contributed by atoms with E-state index in [9.17, 15) is 22.8 Å². The Bertz CT molecular complexity index is 1060. The molecule has 3 rings (SSSR count). The van der Waals surface area contributed by atoms with Gasteiger partial charge in [0, 0.05) is 41.2 Å². The zero-order valence-corrected chi connectivity index (χ0v) is 20.7. The minimum atomic E-state index is -4.63. The fourth-order valence-corrected chi connectivity index (χ4v) is 3.90. The molecule has 1 N–H and O–H groups in total. The number of hydrogen-bond donors (Lipinski definition) is 1. The molecule has 1 saturated heterocycles. The summed E-state index contributed by atoms with van der Waals surface area (Å²) in [5.41, 5.74) is 0.619. The molecule has 34 heavy (non-hydrogen) atoms. The SMILES string of the molecule is C[C@H]1CC[C@@H](C(=O)NCc2cc(-c3cnc(C(F)(F)F)nc3)ncc2Br)N1C(=O)OC(C)(C)C. The van der Waals surface area contributed by atoms with Crippen molar-refractivity contribution in [3.05, 3.63) is 40.5 Å². The summed E-state index contributed by atoms with van der Waals surface area (Å²) in [6, 6.07) is 0.831. The maximum Gasteiger partial charge on any atom is 0.451 e. The summed E-state index contributed by atoms with van der Waals surface area (Å²) in [4.78, 5) is 37.9. The molecule has 1 fully saturated rings. The molecule has 2 atom stereocenters. The van der Waals surface area contributed by atoms with E-state index in [-0.39, 0.29) is 18.5 Å². The van der Waals surface area contributed by atoms with Crippen molar-refractivity contribution in [2.24, 2.45) is 0 Å². The van der Waals surface area contributed by atoms with Crippen molar-refractivity contribution >= 4 is 27.9 Å². The Labute approximate surface area is 203 Å². The number of nitrogens with one attached hydrogen (secondary N) is 1. The second kappa shape index (κ2) is 9.85. The van der Waals surface area contributed by atoms with Crippen LogP contribution in [0.5, 0.6) is 0 Å². The van der Waals surface area contributed by atoms with E-state index in [4.69, 9.17) is 4.74 Å². The lowest BCUT2D eigenvalue weighted by Gasteiger charge is -2.30. The lowest BCUT2D eigenvalue weighted by molar-refractivity contribution is -0.145. The van der Waals surface area contributed by atoms with Gasteiger partial charge in [0.15, 0.2) is 0 Å². The van der Waals surface area contributed by atoms with Gasteiger partial charge >= 0.3 is 12.3 Å². The smallest absolute Gasteiger partial charge is 0.444 e. The molecule has 0 aromatic carbocycles. The molecule has 8 nitrogen and oxygen atoms in total. The Hall–Kier alpha value is -2.76. The maximum absolute atomic E-state index is 12.9. The summed E-state index contributed by atoms with van der Waals surface area (Å²) in [5, 5.41) is 2.83. The molecule has 0 spiro atoms. The van der Waals surface area contributed by atoms with Crippen LogP contribution in [0, 0.1) is 0 Å². The topological polar surface area (TPSA) is 97.3 Å². The monoisotopic (exact) mass is 543 g/mol. The molecule has 0 radical (unpaired) electrons. The van der Waals surface area contributed by atoms with E-state index in [0.717, 1.165) is 12.4 Å². The highest BCUT2D eigenvalue weighted by atomic mass is 79.9. The summed E-state index contributed by atoms with van der Waals surface area (Å²) < 4.78 is 44.2. The first-order valence-corrected chi connectivity index (χ1v) is 11.4. The van der Waals surface area contributed by atoms with Gasteiger partial charge in [-0.2, -0.15) is 13.2 Å². The van der Waals surface area contributed by atoms with Crippen LogP contribution < -0.4 is 5.32 Å². The molecule has 12 heteroatoms. The minimum absolute atomic E-state index is 0.115. The third-order valence-corrected chi connectivity index (χ3v) is 5.88. The highest BCUT2D eigenvalue weighted by molar-refractivity contribution is 9.10. The molecule has 1 aliphatic heterocycles. The van der Waals surface area contributed by atoms with Crippen LogP contribution >= 0.6 is 15.9 Å². The summed E-state index contributed by atoms with van der Waals surface area (Å²) in [7, 11) is 0. The van der Waals surface area contributed by atoms with Crippen LogP contribution in [0.3, 0.4) is 0 Å². The van der Waals surface area contributed by atoms with Crippen molar-refractivity contribution in [3.63, 3.8) is 0 Å². The lowest BCUT2D eigenvalue weighted by Crippen LogP contribution is -2.49. The molecule has 1 aliphatic rings. The Balaban J connectivity index is 1.71. The van der Waals surface area contributed by atoms with Crippen LogP contribution in [0.15, 0.2) is 29.1 Å². The number of nitrogens with zero attached hydrogens (tertiary/aromatic N) is 4.